The lowest BCUT2D eigenvalue weighted by Gasteiger charge is -2.20. The summed E-state index contributed by atoms with van der Waals surface area (Å²) in [6.07, 6.45) is 54.5. The maximum absolute atomic E-state index is 12.7. The number of unbranched alkanes of at least 4 members (excludes halogenated alkanes) is 10. The van der Waals surface area contributed by atoms with Crippen molar-refractivity contribution in [2.24, 2.45) is 0 Å². The van der Waals surface area contributed by atoms with Crippen LogP contribution in [0.25, 0.3) is 0 Å². The molecule has 10 heteroatoms. The lowest BCUT2D eigenvalue weighted by molar-refractivity contribution is -0.161. The number of rotatable bonds is 40. The van der Waals surface area contributed by atoms with Crippen molar-refractivity contribution >= 4 is 19.8 Å². The number of hydrogen-bond donors (Lipinski definition) is 1. The number of phosphoric ester groups is 1. The van der Waals surface area contributed by atoms with Gasteiger partial charge in [0, 0.05) is 19.4 Å². The highest BCUT2D eigenvalue weighted by Crippen LogP contribution is 2.43. The van der Waals surface area contributed by atoms with Gasteiger partial charge in [-0.05, 0) is 110 Å². The van der Waals surface area contributed by atoms with Crippen molar-refractivity contribution in [1.82, 2.24) is 4.90 Å². The third kappa shape index (κ3) is 44.3. The fraction of sp³-hybridized carbons (Fsp3) is 0.633. The first-order valence-electron chi connectivity index (χ1n) is 22.5. The van der Waals surface area contributed by atoms with Crippen LogP contribution in [0, 0.1) is 0 Å². The minimum absolute atomic E-state index is 0.00921. The van der Waals surface area contributed by atoms with Gasteiger partial charge in [-0.3, -0.25) is 18.6 Å². The molecule has 0 radical (unpaired) electrons. The summed E-state index contributed by atoms with van der Waals surface area (Å²) in [5.41, 5.74) is 0. The molecule has 0 spiro atoms. The van der Waals surface area contributed by atoms with Crippen LogP contribution in [0.5, 0.6) is 0 Å². The minimum atomic E-state index is -4.39. The van der Waals surface area contributed by atoms with Gasteiger partial charge in [0.25, 0.3) is 0 Å². The molecule has 0 aromatic heterocycles. The molecule has 0 aromatic carbocycles. The second-order valence-electron chi connectivity index (χ2n) is 14.8. The Kier molecular flexibility index (Phi) is 40.8. The van der Waals surface area contributed by atoms with Gasteiger partial charge in [0.05, 0.1) is 13.2 Å². The zero-order valence-electron chi connectivity index (χ0n) is 37.4. The number of hydrogen-bond acceptors (Lipinski definition) is 8. The highest BCUT2D eigenvalue weighted by molar-refractivity contribution is 7.47. The van der Waals surface area contributed by atoms with Gasteiger partial charge in [0.15, 0.2) is 6.10 Å². The molecule has 336 valence electrons. The Morgan fingerprint density at radius 3 is 1.44 bits per heavy atom. The molecule has 0 saturated heterocycles. The molecule has 2 atom stereocenters. The highest BCUT2D eigenvalue weighted by Gasteiger charge is 2.26. The van der Waals surface area contributed by atoms with Crippen molar-refractivity contribution in [3.05, 3.63) is 97.2 Å². The van der Waals surface area contributed by atoms with E-state index in [4.69, 9.17) is 18.5 Å². The van der Waals surface area contributed by atoms with Crippen LogP contribution in [-0.4, -0.2) is 68.3 Å². The number of ether oxygens (including phenoxy) is 2. The van der Waals surface area contributed by atoms with Gasteiger partial charge >= 0.3 is 19.8 Å². The maximum Gasteiger partial charge on any atom is 0.472 e. The lowest BCUT2D eigenvalue weighted by atomic mass is 10.1. The summed E-state index contributed by atoms with van der Waals surface area (Å²) in [5.74, 6) is -0.877. The van der Waals surface area contributed by atoms with Crippen LogP contribution >= 0.6 is 7.82 Å². The Balaban J connectivity index is 4.41. The standard InChI is InChI=1S/C49H82NO8P/c1-5-7-9-11-13-15-17-19-21-23-24-26-28-30-32-34-36-38-40-42-49(52)58-47(46-57-59(53,54)56-44-43-50(3)4)45-55-48(51)41-39-37-35-33-31-29-27-25-22-20-18-16-14-12-10-8-6-2/h8,10,13-16,19-22,24,26-27,29-30,32,47H,5-7,9,11-12,17-18,23,25,28,31,33-46H2,1-4H3,(H,53,54)/b10-8-,15-13-,16-14-,21-19-,22-20-,26-24-,29-27-,32-30-. The molecule has 2 unspecified atom stereocenters. The molecule has 0 rings (SSSR count). The fourth-order valence-electron chi connectivity index (χ4n) is 5.42. The number of phosphoric acid groups is 1. The molecule has 0 aliphatic carbocycles. The van der Waals surface area contributed by atoms with E-state index in [2.05, 4.69) is 111 Å². The van der Waals surface area contributed by atoms with Gasteiger partial charge in [-0.25, -0.2) is 4.57 Å². The monoisotopic (exact) mass is 844 g/mol. The molecule has 59 heavy (non-hydrogen) atoms. The quantitative estimate of drug-likeness (QED) is 0.0279. The van der Waals surface area contributed by atoms with Crippen molar-refractivity contribution in [2.45, 2.75) is 161 Å². The van der Waals surface area contributed by atoms with Gasteiger partial charge in [-0.15, -0.1) is 0 Å². The van der Waals surface area contributed by atoms with Gasteiger partial charge in [-0.1, -0.05) is 143 Å². The molecule has 0 amide bonds. The van der Waals surface area contributed by atoms with Gasteiger partial charge < -0.3 is 19.3 Å². The Morgan fingerprint density at radius 2 is 0.966 bits per heavy atom. The predicted molar refractivity (Wildman–Crippen MR) is 247 cm³/mol. The first kappa shape index (κ1) is 55.9. The minimum Gasteiger partial charge on any atom is -0.462 e. The Hall–Kier alpha value is -3.07. The fourth-order valence-corrected chi connectivity index (χ4v) is 6.17. The molecule has 0 saturated carbocycles. The van der Waals surface area contributed by atoms with Crippen LogP contribution in [0.3, 0.4) is 0 Å². The Morgan fingerprint density at radius 1 is 0.542 bits per heavy atom. The van der Waals surface area contributed by atoms with Crippen LogP contribution in [0.4, 0.5) is 0 Å². The van der Waals surface area contributed by atoms with E-state index in [0.29, 0.717) is 19.4 Å². The van der Waals surface area contributed by atoms with Gasteiger partial charge in [0.1, 0.15) is 6.61 Å². The van der Waals surface area contributed by atoms with Crippen LogP contribution in [-0.2, 0) is 32.7 Å². The van der Waals surface area contributed by atoms with E-state index in [1.54, 1.807) is 4.90 Å². The number of carbonyl (C=O) groups is 2. The van der Waals surface area contributed by atoms with Crippen molar-refractivity contribution in [2.75, 3.05) is 40.5 Å². The number of likely N-dealkylation sites (N-methyl/N-ethyl adjacent to an activating group) is 1. The second kappa shape index (κ2) is 43.0. The summed E-state index contributed by atoms with van der Waals surface area (Å²) in [6, 6.07) is 0. The van der Waals surface area contributed by atoms with E-state index in [0.717, 1.165) is 89.9 Å². The van der Waals surface area contributed by atoms with Crippen molar-refractivity contribution in [1.29, 1.82) is 0 Å². The largest absolute Gasteiger partial charge is 0.472 e. The Labute approximate surface area is 360 Å². The summed E-state index contributed by atoms with van der Waals surface area (Å²) in [5, 5.41) is 0. The first-order valence-corrected chi connectivity index (χ1v) is 24.0. The third-order valence-electron chi connectivity index (χ3n) is 8.87. The second-order valence-corrected chi connectivity index (χ2v) is 16.3. The molecule has 1 N–H and O–H groups in total. The normalized spacial score (nSPS) is 14.3. The van der Waals surface area contributed by atoms with Crippen LogP contribution in [0.15, 0.2) is 97.2 Å². The van der Waals surface area contributed by atoms with Crippen LogP contribution < -0.4 is 0 Å². The molecular formula is C49H82NO8P. The van der Waals surface area contributed by atoms with Crippen LogP contribution in [0.2, 0.25) is 0 Å². The van der Waals surface area contributed by atoms with Crippen molar-refractivity contribution in [3.8, 4) is 0 Å². The molecule has 0 fully saturated rings. The van der Waals surface area contributed by atoms with E-state index < -0.39 is 32.5 Å². The highest BCUT2D eigenvalue weighted by atomic mass is 31.2. The summed E-state index contributed by atoms with van der Waals surface area (Å²) in [4.78, 5) is 37.1. The molecule has 0 heterocycles. The molecule has 0 aliphatic rings. The smallest absolute Gasteiger partial charge is 0.462 e. The number of allylic oxidation sites excluding steroid dienone is 16. The average molecular weight is 844 g/mol. The summed E-state index contributed by atoms with van der Waals surface area (Å²) >= 11 is 0. The van der Waals surface area contributed by atoms with E-state index in [9.17, 15) is 19.0 Å². The predicted octanol–water partition coefficient (Wildman–Crippen LogP) is 13.2. The van der Waals surface area contributed by atoms with Crippen molar-refractivity contribution < 1.29 is 37.6 Å². The zero-order valence-corrected chi connectivity index (χ0v) is 38.3. The van der Waals surface area contributed by atoms with Gasteiger partial charge in [-0.2, -0.15) is 0 Å². The molecule has 0 aromatic rings. The number of esters is 2. The average Bonchev–Trinajstić information content (AvgIpc) is 3.20. The third-order valence-corrected chi connectivity index (χ3v) is 9.86. The first-order chi connectivity index (χ1) is 28.7. The van der Waals surface area contributed by atoms with E-state index in [1.165, 1.54) is 25.7 Å². The summed E-state index contributed by atoms with van der Waals surface area (Å²) in [7, 11) is -0.756. The number of nitrogens with zero attached hydrogens (tertiary/aromatic N) is 1. The molecule has 0 aliphatic heterocycles. The summed E-state index contributed by atoms with van der Waals surface area (Å²) in [6.45, 7) is 4.09. The lowest BCUT2D eigenvalue weighted by Crippen LogP contribution is -2.29. The van der Waals surface area contributed by atoms with E-state index >= 15 is 0 Å². The molecular weight excluding hydrogens is 762 g/mol. The maximum atomic E-state index is 12.7. The van der Waals surface area contributed by atoms with Crippen molar-refractivity contribution in [3.63, 3.8) is 0 Å². The summed E-state index contributed by atoms with van der Waals surface area (Å²) < 4.78 is 33.4. The number of carbonyl (C=O) groups excluding carboxylic acids is 2. The van der Waals surface area contributed by atoms with Gasteiger partial charge in [0.2, 0.25) is 0 Å². The molecule has 0 bridgehead atoms. The van der Waals surface area contributed by atoms with Crippen LogP contribution in [0.1, 0.15) is 155 Å². The van der Waals surface area contributed by atoms with E-state index in [-0.39, 0.29) is 26.1 Å². The van der Waals surface area contributed by atoms with E-state index in [1.807, 2.05) is 14.1 Å². The zero-order chi connectivity index (χ0) is 43.3. The Bertz CT molecular complexity index is 1300. The topological polar surface area (TPSA) is 112 Å². The SMILES string of the molecule is CC/C=C\C/C=C\C/C=C\C/C=C\CCCCCCC(=O)OCC(COP(=O)(O)OCCN(C)C)OC(=O)CCCCC/C=C\C/C=C\C/C=C\C/C=C\CCCCC. The molecule has 9 nitrogen and oxygen atoms in total.